The standard InChI is InChI=1S/C22H26ClN5O5/c23-10-20(30)28-7-6-25-19(13-28)17-5-4-16(29)9-18(17)27-22(33)26-15-8-14(11-24-12-15)2-1-3-21(31)32/h4-5,8-9,11-12,19,25,29H,1-3,6-7,10,13H2,(H,31,32)(H2,26,27,33). The van der Waals surface area contributed by atoms with Gasteiger partial charge in [0.2, 0.25) is 5.91 Å². The zero-order chi connectivity index (χ0) is 23.8. The third-order valence-corrected chi connectivity index (χ3v) is 5.44. The van der Waals surface area contributed by atoms with Crippen molar-refractivity contribution in [2.75, 3.05) is 36.1 Å². The van der Waals surface area contributed by atoms with Crippen LogP contribution in [0.15, 0.2) is 36.7 Å². The summed E-state index contributed by atoms with van der Waals surface area (Å²) in [4.78, 5) is 41.1. The van der Waals surface area contributed by atoms with E-state index >= 15 is 0 Å². The van der Waals surface area contributed by atoms with Crippen molar-refractivity contribution in [3.05, 3.63) is 47.8 Å². The maximum absolute atomic E-state index is 12.6. The molecule has 176 valence electrons. The first kappa shape index (κ1) is 24.3. The van der Waals surface area contributed by atoms with Crippen LogP contribution in [0.4, 0.5) is 16.2 Å². The number of hydrogen-bond acceptors (Lipinski definition) is 6. The molecule has 3 amide bonds. The van der Waals surface area contributed by atoms with E-state index in [1.165, 1.54) is 18.3 Å². The monoisotopic (exact) mass is 475 g/mol. The highest BCUT2D eigenvalue weighted by Gasteiger charge is 2.26. The van der Waals surface area contributed by atoms with E-state index in [2.05, 4.69) is 20.9 Å². The summed E-state index contributed by atoms with van der Waals surface area (Å²) in [6, 6.07) is 5.61. The number of pyridine rings is 1. The van der Waals surface area contributed by atoms with Crippen LogP contribution in [-0.4, -0.2) is 63.5 Å². The fourth-order valence-electron chi connectivity index (χ4n) is 3.65. The maximum Gasteiger partial charge on any atom is 0.323 e. The number of urea groups is 1. The molecule has 1 aromatic heterocycles. The fraction of sp³-hybridized carbons (Fsp3) is 0.364. The molecule has 0 aliphatic carbocycles. The van der Waals surface area contributed by atoms with E-state index in [-0.39, 0.29) is 30.0 Å². The Labute approximate surface area is 196 Å². The Morgan fingerprint density at radius 1 is 1.21 bits per heavy atom. The number of phenols is 1. The molecule has 1 aliphatic heterocycles. The van der Waals surface area contributed by atoms with Gasteiger partial charge in [0.25, 0.3) is 0 Å². The van der Waals surface area contributed by atoms with Gasteiger partial charge in [-0.3, -0.25) is 14.6 Å². The van der Waals surface area contributed by atoms with Crippen LogP contribution < -0.4 is 16.0 Å². The van der Waals surface area contributed by atoms with E-state index in [1.807, 2.05) is 0 Å². The minimum atomic E-state index is -0.860. The van der Waals surface area contributed by atoms with E-state index in [1.54, 1.807) is 23.2 Å². The van der Waals surface area contributed by atoms with Crippen molar-refractivity contribution in [3.8, 4) is 5.75 Å². The van der Waals surface area contributed by atoms with Crippen LogP contribution in [0.1, 0.15) is 30.0 Å². The van der Waals surface area contributed by atoms with Gasteiger partial charge in [-0.25, -0.2) is 4.79 Å². The number of anilines is 2. The Balaban J connectivity index is 1.68. The summed E-state index contributed by atoms with van der Waals surface area (Å²) < 4.78 is 0. The van der Waals surface area contributed by atoms with E-state index in [0.717, 1.165) is 11.1 Å². The van der Waals surface area contributed by atoms with Crippen molar-refractivity contribution in [3.63, 3.8) is 0 Å². The van der Waals surface area contributed by atoms with Crippen LogP contribution in [0.5, 0.6) is 5.75 Å². The number of phenolic OH excluding ortho intramolecular Hbond substituents is 1. The van der Waals surface area contributed by atoms with E-state index in [4.69, 9.17) is 16.7 Å². The SMILES string of the molecule is O=C(O)CCCc1cncc(NC(=O)Nc2cc(O)ccc2C2CN(C(=O)CCl)CCN2)c1. The second-order valence-corrected chi connectivity index (χ2v) is 7.93. The molecule has 1 aromatic carbocycles. The number of nitrogens with zero attached hydrogens (tertiary/aromatic N) is 2. The quantitative estimate of drug-likeness (QED) is 0.369. The number of carbonyl (C=O) groups excluding carboxylic acids is 2. The van der Waals surface area contributed by atoms with Crippen molar-refractivity contribution in [2.24, 2.45) is 0 Å². The van der Waals surface area contributed by atoms with Gasteiger partial charge in [-0.1, -0.05) is 6.07 Å². The number of carboxylic acids is 1. The summed E-state index contributed by atoms with van der Waals surface area (Å²) in [6.07, 6.45) is 4.17. The molecule has 2 aromatic rings. The van der Waals surface area contributed by atoms with E-state index in [9.17, 15) is 19.5 Å². The summed E-state index contributed by atoms with van der Waals surface area (Å²) >= 11 is 5.69. The Morgan fingerprint density at radius 2 is 2.03 bits per heavy atom. The molecule has 5 N–H and O–H groups in total. The topological polar surface area (TPSA) is 144 Å². The molecular weight excluding hydrogens is 450 g/mol. The first-order valence-corrected chi connectivity index (χ1v) is 11.0. The maximum atomic E-state index is 12.6. The number of aromatic nitrogens is 1. The van der Waals surface area contributed by atoms with Crippen molar-refractivity contribution in [1.29, 1.82) is 0 Å². The van der Waals surface area contributed by atoms with Gasteiger partial charge in [0.1, 0.15) is 11.6 Å². The molecule has 0 saturated carbocycles. The number of carbonyl (C=O) groups is 3. The lowest BCUT2D eigenvalue weighted by Crippen LogP contribution is -2.48. The normalized spacial score (nSPS) is 15.7. The summed E-state index contributed by atoms with van der Waals surface area (Å²) in [5.41, 5.74) is 2.38. The minimum Gasteiger partial charge on any atom is -0.508 e. The summed E-state index contributed by atoms with van der Waals surface area (Å²) in [7, 11) is 0. The third-order valence-electron chi connectivity index (χ3n) is 5.21. The Bertz CT molecular complexity index is 1020. The largest absolute Gasteiger partial charge is 0.508 e. The molecule has 11 heteroatoms. The van der Waals surface area contributed by atoms with Gasteiger partial charge >= 0.3 is 12.0 Å². The number of aryl methyl sites for hydroxylation is 1. The smallest absolute Gasteiger partial charge is 0.323 e. The highest BCUT2D eigenvalue weighted by molar-refractivity contribution is 6.27. The van der Waals surface area contributed by atoms with Crippen molar-refractivity contribution >= 4 is 40.9 Å². The molecule has 0 radical (unpaired) electrons. The number of amides is 3. The first-order chi connectivity index (χ1) is 15.9. The van der Waals surface area contributed by atoms with Gasteiger partial charge in [0.05, 0.1) is 23.6 Å². The first-order valence-electron chi connectivity index (χ1n) is 10.5. The molecule has 2 heterocycles. The van der Waals surface area contributed by atoms with Crippen LogP contribution >= 0.6 is 11.6 Å². The van der Waals surface area contributed by atoms with Gasteiger partial charge in [-0.05, 0) is 36.1 Å². The molecular formula is C22H26ClN5O5. The molecule has 33 heavy (non-hydrogen) atoms. The lowest BCUT2D eigenvalue weighted by Gasteiger charge is -2.34. The number of halogens is 1. The lowest BCUT2D eigenvalue weighted by atomic mass is 10.0. The van der Waals surface area contributed by atoms with E-state index in [0.29, 0.717) is 43.9 Å². The average Bonchev–Trinajstić information content (AvgIpc) is 2.78. The molecule has 0 bridgehead atoms. The molecule has 1 atom stereocenters. The van der Waals surface area contributed by atoms with Gasteiger partial charge in [0, 0.05) is 38.3 Å². The number of benzene rings is 1. The number of piperazine rings is 1. The van der Waals surface area contributed by atoms with Crippen molar-refractivity contribution in [1.82, 2.24) is 15.2 Å². The molecule has 1 aliphatic rings. The number of aliphatic carboxylic acids is 1. The number of hydrogen-bond donors (Lipinski definition) is 5. The predicted molar refractivity (Wildman–Crippen MR) is 124 cm³/mol. The van der Waals surface area contributed by atoms with Crippen LogP contribution in [0.25, 0.3) is 0 Å². The number of rotatable bonds is 8. The Kier molecular flexibility index (Phi) is 8.45. The molecule has 0 spiro atoms. The van der Waals surface area contributed by atoms with Gasteiger partial charge in [0.15, 0.2) is 0 Å². The van der Waals surface area contributed by atoms with Crippen LogP contribution in [0.2, 0.25) is 0 Å². The van der Waals surface area contributed by atoms with E-state index < -0.39 is 12.0 Å². The number of carboxylic acid groups (broad SMARTS) is 1. The van der Waals surface area contributed by atoms with Crippen molar-refractivity contribution in [2.45, 2.75) is 25.3 Å². The van der Waals surface area contributed by atoms with Crippen LogP contribution in [0.3, 0.4) is 0 Å². The molecule has 3 rings (SSSR count). The average molecular weight is 476 g/mol. The molecule has 1 unspecified atom stereocenters. The Morgan fingerprint density at radius 3 is 2.79 bits per heavy atom. The molecule has 10 nitrogen and oxygen atoms in total. The van der Waals surface area contributed by atoms with Crippen LogP contribution in [0, 0.1) is 0 Å². The van der Waals surface area contributed by atoms with Crippen molar-refractivity contribution < 1.29 is 24.6 Å². The Hall–Kier alpha value is -3.37. The minimum absolute atomic E-state index is 0.0133. The zero-order valence-electron chi connectivity index (χ0n) is 17.9. The highest BCUT2D eigenvalue weighted by atomic mass is 35.5. The number of nitrogens with one attached hydrogen (secondary N) is 3. The highest BCUT2D eigenvalue weighted by Crippen LogP contribution is 2.29. The second-order valence-electron chi connectivity index (χ2n) is 7.66. The van der Waals surface area contributed by atoms with Crippen LogP contribution in [-0.2, 0) is 16.0 Å². The summed E-state index contributed by atoms with van der Waals surface area (Å²) in [5, 5.41) is 27.5. The van der Waals surface area contributed by atoms with Gasteiger partial charge in [-0.2, -0.15) is 0 Å². The number of aromatic hydroxyl groups is 1. The summed E-state index contributed by atoms with van der Waals surface area (Å²) in [5.74, 6) is -1.13. The predicted octanol–water partition coefficient (Wildman–Crippen LogP) is 2.55. The summed E-state index contributed by atoms with van der Waals surface area (Å²) in [6.45, 7) is 1.49. The second kappa shape index (κ2) is 11.5. The van der Waals surface area contributed by atoms with Gasteiger partial charge < -0.3 is 31.1 Å². The number of alkyl halides is 1. The molecule has 1 fully saturated rings. The fourth-order valence-corrected chi connectivity index (χ4v) is 3.82. The van der Waals surface area contributed by atoms with Gasteiger partial charge in [-0.15, -0.1) is 11.6 Å². The lowest BCUT2D eigenvalue weighted by molar-refractivity contribution is -0.137. The third kappa shape index (κ3) is 7.06. The molecule has 1 saturated heterocycles. The zero-order valence-corrected chi connectivity index (χ0v) is 18.6.